The van der Waals surface area contributed by atoms with Crippen LogP contribution in [0.15, 0.2) is 36.7 Å². The zero-order chi connectivity index (χ0) is 19.0. The van der Waals surface area contributed by atoms with Crippen LogP contribution in [-0.4, -0.2) is 39.6 Å². The van der Waals surface area contributed by atoms with E-state index in [9.17, 15) is 14.0 Å². The summed E-state index contributed by atoms with van der Waals surface area (Å²) >= 11 is 0. The molecule has 2 amide bonds. The van der Waals surface area contributed by atoms with Crippen molar-refractivity contribution in [2.45, 2.75) is 6.04 Å². The Morgan fingerprint density at radius 2 is 2.22 bits per heavy atom. The van der Waals surface area contributed by atoms with Gasteiger partial charge < -0.3 is 21.1 Å². The van der Waals surface area contributed by atoms with E-state index in [0.717, 1.165) is 0 Å². The van der Waals surface area contributed by atoms with Crippen molar-refractivity contribution in [3.05, 3.63) is 53.6 Å². The predicted octanol–water partition coefficient (Wildman–Crippen LogP) is 0.629. The van der Waals surface area contributed by atoms with Crippen LogP contribution in [0, 0.1) is 5.82 Å². The Hall–Kier alpha value is -3.69. The number of nitrogens with one attached hydrogen (secondary N) is 2. The van der Waals surface area contributed by atoms with Crippen LogP contribution < -0.4 is 21.1 Å². The number of hydrogen-bond acceptors (Lipinski definition) is 6. The Morgan fingerprint density at radius 1 is 1.37 bits per heavy atom. The first-order valence-corrected chi connectivity index (χ1v) is 8.13. The molecule has 4 rings (SSSR count). The second-order valence-electron chi connectivity index (χ2n) is 5.91. The summed E-state index contributed by atoms with van der Waals surface area (Å²) in [6, 6.07) is 4.29. The number of rotatable bonds is 1. The van der Waals surface area contributed by atoms with Crippen molar-refractivity contribution in [2.24, 2.45) is 5.73 Å². The number of aromatic nitrogens is 3. The lowest BCUT2D eigenvalue weighted by molar-refractivity contribution is -0.118. The molecule has 1 aliphatic heterocycles. The van der Waals surface area contributed by atoms with Gasteiger partial charge in [0.25, 0.3) is 5.91 Å². The molecule has 0 spiro atoms. The Bertz CT molecular complexity index is 1050. The predicted molar refractivity (Wildman–Crippen MR) is 92.8 cm³/mol. The minimum Gasteiger partial charge on any atom is -0.491 e. The molecule has 2 bridgehead atoms. The van der Waals surface area contributed by atoms with Crippen molar-refractivity contribution in [3.63, 3.8) is 0 Å². The average Bonchev–Trinajstić information content (AvgIpc) is 3.06. The highest BCUT2D eigenvalue weighted by Gasteiger charge is 2.24. The lowest BCUT2D eigenvalue weighted by Gasteiger charge is -2.20. The number of carbonyl (C=O) groups is 2. The van der Waals surface area contributed by atoms with E-state index >= 15 is 0 Å². The van der Waals surface area contributed by atoms with E-state index in [2.05, 4.69) is 20.7 Å². The van der Waals surface area contributed by atoms with Crippen LogP contribution in [0.1, 0.15) is 22.0 Å². The molecule has 27 heavy (non-hydrogen) atoms. The summed E-state index contributed by atoms with van der Waals surface area (Å²) in [5.74, 6) is -1.07. The molecule has 3 aromatic rings. The topological polar surface area (TPSA) is 124 Å². The van der Waals surface area contributed by atoms with Crippen LogP contribution in [0.25, 0.3) is 5.65 Å². The maximum Gasteiger partial charge on any atom is 0.256 e. The van der Waals surface area contributed by atoms with Crippen LogP contribution in [0.5, 0.6) is 5.75 Å². The minimum atomic E-state index is -1.08. The number of ether oxygens (including phenoxy) is 1. The molecule has 138 valence electrons. The molecule has 3 heterocycles. The standard InChI is InChI=1S/C17H15FN6O3/c18-9-1-2-12-10(7-9)14(15(19)25)22-13-3-5-24-16(23-13)11(8-21-24)17(26)20-4-6-27-12/h1-3,5,7-8,14H,4,6H2,(H2,19,25)(H,20,26)(H,22,23). The summed E-state index contributed by atoms with van der Waals surface area (Å²) in [6.45, 7) is 0.312. The summed E-state index contributed by atoms with van der Waals surface area (Å²) < 4.78 is 20.9. The largest absolute Gasteiger partial charge is 0.491 e. The van der Waals surface area contributed by atoms with E-state index in [1.165, 1.54) is 28.9 Å². The summed E-state index contributed by atoms with van der Waals surface area (Å²) in [4.78, 5) is 28.8. The maximum atomic E-state index is 13.8. The molecule has 0 saturated carbocycles. The third-order valence-electron chi connectivity index (χ3n) is 4.12. The molecule has 2 aromatic heterocycles. The molecular weight excluding hydrogens is 355 g/mol. The summed E-state index contributed by atoms with van der Waals surface area (Å²) in [7, 11) is 0. The number of benzene rings is 1. The highest BCUT2D eigenvalue weighted by molar-refractivity contribution is 5.99. The van der Waals surface area contributed by atoms with E-state index in [4.69, 9.17) is 10.5 Å². The van der Waals surface area contributed by atoms with Crippen molar-refractivity contribution in [1.82, 2.24) is 19.9 Å². The van der Waals surface area contributed by atoms with Gasteiger partial charge in [0.15, 0.2) is 5.65 Å². The number of primary amides is 1. The second-order valence-corrected chi connectivity index (χ2v) is 5.91. The van der Waals surface area contributed by atoms with Gasteiger partial charge in [0, 0.05) is 11.8 Å². The molecule has 1 aliphatic rings. The highest BCUT2D eigenvalue weighted by Crippen LogP contribution is 2.29. The maximum absolute atomic E-state index is 13.8. The van der Waals surface area contributed by atoms with Gasteiger partial charge in [-0.15, -0.1) is 0 Å². The molecule has 0 aliphatic carbocycles. The molecule has 1 atom stereocenters. The zero-order valence-electron chi connectivity index (χ0n) is 14.0. The van der Waals surface area contributed by atoms with E-state index in [0.29, 0.717) is 5.65 Å². The third-order valence-corrected chi connectivity index (χ3v) is 4.12. The second kappa shape index (κ2) is 6.56. The van der Waals surface area contributed by atoms with Crippen LogP contribution in [0.3, 0.4) is 0 Å². The average molecular weight is 370 g/mol. The fourth-order valence-electron chi connectivity index (χ4n) is 2.86. The van der Waals surface area contributed by atoms with Gasteiger partial charge in [-0.2, -0.15) is 5.10 Å². The van der Waals surface area contributed by atoms with Crippen molar-refractivity contribution in [1.29, 1.82) is 0 Å². The number of hydrogen-bond donors (Lipinski definition) is 3. The van der Waals surface area contributed by atoms with Gasteiger partial charge in [0.05, 0.1) is 12.7 Å². The van der Waals surface area contributed by atoms with Crippen LogP contribution in [0.2, 0.25) is 0 Å². The smallest absolute Gasteiger partial charge is 0.256 e. The number of anilines is 1. The van der Waals surface area contributed by atoms with Gasteiger partial charge in [-0.3, -0.25) is 9.59 Å². The number of halogens is 1. The van der Waals surface area contributed by atoms with Gasteiger partial charge in [-0.1, -0.05) is 0 Å². The quantitative estimate of drug-likeness (QED) is 0.577. The molecule has 9 nitrogen and oxygen atoms in total. The number of fused-ring (bicyclic) bond motifs is 2. The molecule has 10 heteroatoms. The van der Waals surface area contributed by atoms with Crippen molar-refractivity contribution in [2.75, 3.05) is 18.5 Å². The lowest BCUT2D eigenvalue weighted by Crippen LogP contribution is -2.29. The first kappa shape index (κ1) is 16.8. The molecule has 1 aromatic carbocycles. The SMILES string of the molecule is NC(=O)C1Nc2ccn3ncc(c3n2)C(=O)NCCOc2ccc(F)cc21. The molecular formula is C17H15FN6O3. The fraction of sp³-hybridized carbons (Fsp3) is 0.176. The minimum absolute atomic E-state index is 0.116. The number of nitrogens with two attached hydrogens (primary N) is 1. The van der Waals surface area contributed by atoms with Crippen LogP contribution in [-0.2, 0) is 4.79 Å². The lowest BCUT2D eigenvalue weighted by atomic mass is 10.0. The highest BCUT2D eigenvalue weighted by atomic mass is 19.1. The summed E-state index contributed by atoms with van der Waals surface area (Å²) in [5.41, 5.74) is 6.35. The number of nitrogens with zero attached hydrogens (tertiary/aromatic N) is 3. The zero-order valence-corrected chi connectivity index (χ0v) is 14.0. The van der Waals surface area contributed by atoms with Gasteiger partial charge in [0.2, 0.25) is 5.91 Å². The molecule has 1 unspecified atom stereocenters. The fourth-order valence-corrected chi connectivity index (χ4v) is 2.86. The van der Waals surface area contributed by atoms with E-state index in [1.807, 2.05) is 0 Å². The molecule has 0 fully saturated rings. The van der Waals surface area contributed by atoms with Crippen molar-refractivity contribution < 1.29 is 18.7 Å². The monoisotopic (exact) mass is 370 g/mol. The van der Waals surface area contributed by atoms with Crippen LogP contribution in [0.4, 0.5) is 10.2 Å². The third kappa shape index (κ3) is 3.12. The molecule has 0 saturated heterocycles. The Labute approximate surface area is 152 Å². The molecule has 4 N–H and O–H groups in total. The van der Waals surface area contributed by atoms with Gasteiger partial charge >= 0.3 is 0 Å². The normalized spacial score (nSPS) is 16.9. The summed E-state index contributed by atoms with van der Waals surface area (Å²) in [6.07, 6.45) is 2.99. The van der Waals surface area contributed by atoms with Crippen LogP contribution >= 0.6 is 0 Å². The Balaban J connectivity index is 1.85. The van der Waals surface area contributed by atoms with E-state index in [-0.39, 0.29) is 41.8 Å². The van der Waals surface area contributed by atoms with E-state index < -0.39 is 17.8 Å². The Morgan fingerprint density at radius 3 is 3.04 bits per heavy atom. The van der Waals surface area contributed by atoms with Crippen molar-refractivity contribution >= 4 is 23.3 Å². The van der Waals surface area contributed by atoms with Gasteiger partial charge in [-0.05, 0) is 24.3 Å². The van der Waals surface area contributed by atoms with Gasteiger partial charge in [-0.25, -0.2) is 13.9 Å². The van der Waals surface area contributed by atoms with Crippen molar-refractivity contribution in [3.8, 4) is 5.75 Å². The Kier molecular flexibility index (Phi) is 4.07. The first-order chi connectivity index (χ1) is 13.0. The van der Waals surface area contributed by atoms with Gasteiger partial charge in [0.1, 0.15) is 35.6 Å². The summed E-state index contributed by atoms with van der Waals surface area (Å²) in [5, 5.41) is 9.67. The van der Waals surface area contributed by atoms with E-state index in [1.54, 1.807) is 12.3 Å². The first-order valence-electron chi connectivity index (χ1n) is 8.13. The number of amides is 2. The number of carbonyl (C=O) groups excluding carboxylic acids is 2. The molecule has 0 radical (unpaired) electrons.